The van der Waals surface area contributed by atoms with Gasteiger partial charge in [0, 0.05) is 21.8 Å². The van der Waals surface area contributed by atoms with Crippen molar-refractivity contribution in [1.82, 2.24) is 4.90 Å². The molecule has 0 aliphatic rings. The largest absolute Gasteiger partial charge is 0.339 e. The van der Waals surface area contributed by atoms with Crippen molar-refractivity contribution in [3.63, 3.8) is 0 Å². The number of carbonyl (C=O) groups is 1. The molecule has 0 aromatic carbocycles. The van der Waals surface area contributed by atoms with Crippen molar-refractivity contribution in [1.29, 1.82) is 5.26 Å². The van der Waals surface area contributed by atoms with Gasteiger partial charge in [-0.15, -0.1) is 11.3 Å². The van der Waals surface area contributed by atoms with Crippen LogP contribution in [0.1, 0.15) is 44.4 Å². The fraction of sp³-hybridized carbons (Fsp3) is 0.600. The second-order valence-electron chi connectivity index (χ2n) is 5.09. The monoisotopic (exact) mass is 356 g/mol. The molecule has 110 valence electrons. The smallest absolute Gasteiger partial charge is 0.243 e. The number of thiophene rings is 1. The standard InChI is InChI=1S/C15H21BrN2OS/c1-4-6-15(11-17,7-5-2)14(19)18(3)9-13-8-12(16)10-20-13/h8,10H,4-7,9H2,1-3H3. The lowest BCUT2D eigenvalue weighted by Gasteiger charge is -2.29. The first-order chi connectivity index (χ1) is 9.49. The van der Waals surface area contributed by atoms with Crippen LogP contribution in [0.4, 0.5) is 0 Å². The van der Waals surface area contributed by atoms with Gasteiger partial charge in [0.2, 0.25) is 5.91 Å². The topological polar surface area (TPSA) is 44.1 Å². The second-order valence-corrected chi connectivity index (χ2v) is 7.00. The molecule has 1 rings (SSSR count). The molecule has 3 nitrogen and oxygen atoms in total. The van der Waals surface area contributed by atoms with E-state index in [1.807, 2.05) is 25.3 Å². The van der Waals surface area contributed by atoms with Crippen molar-refractivity contribution in [3.8, 4) is 6.07 Å². The molecule has 0 radical (unpaired) electrons. The van der Waals surface area contributed by atoms with Gasteiger partial charge in [0.1, 0.15) is 5.41 Å². The van der Waals surface area contributed by atoms with Crippen molar-refractivity contribution in [3.05, 3.63) is 20.8 Å². The lowest BCUT2D eigenvalue weighted by molar-refractivity contribution is -0.139. The molecule has 5 heteroatoms. The maximum Gasteiger partial charge on any atom is 0.243 e. The molecule has 0 N–H and O–H groups in total. The summed E-state index contributed by atoms with van der Waals surface area (Å²) in [5.41, 5.74) is -0.854. The Balaban J connectivity index is 2.85. The van der Waals surface area contributed by atoms with E-state index < -0.39 is 5.41 Å². The van der Waals surface area contributed by atoms with Gasteiger partial charge in [0.05, 0.1) is 12.6 Å². The maximum absolute atomic E-state index is 12.7. The molecule has 0 aliphatic carbocycles. The molecular weight excluding hydrogens is 336 g/mol. The lowest BCUT2D eigenvalue weighted by atomic mass is 9.79. The predicted octanol–water partition coefficient (Wildman–Crippen LogP) is 4.58. The summed E-state index contributed by atoms with van der Waals surface area (Å²) in [6.07, 6.45) is 2.96. The van der Waals surface area contributed by atoms with E-state index in [4.69, 9.17) is 0 Å². The number of rotatable bonds is 7. The fourth-order valence-electron chi connectivity index (χ4n) is 2.46. The Morgan fingerprint density at radius 3 is 2.45 bits per heavy atom. The van der Waals surface area contributed by atoms with Crippen LogP contribution in [0.25, 0.3) is 0 Å². The van der Waals surface area contributed by atoms with Crippen LogP contribution >= 0.6 is 27.3 Å². The number of carbonyl (C=O) groups excluding carboxylic acids is 1. The quantitative estimate of drug-likeness (QED) is 0.717. The van der Waals surface area contributed by atoms with Crippen molar-refractivity contribution in [2.75, 3.05) is 7.05 Å². The predicted molar refractivity (Wildman–Crippen MR) is 86.4 cm³/mol. The van der Waals surface area contributed by atoms with Gasteiger partial charge in [-0.3, -0.25) is 4.79 Å². The normalized spacial score (nSPS) is 11.2. The van der Waals surface area contributed by atoms with Crippen LogP contribution in [0, 0.1) is 16.7 Å². The van der Waals surface area contributed by atoms with Gasteiger partial charge in [-0.1, -0.05) is 26.7 Å². The molecule has 0 atom stereocenters. The summed E-state index contributed by atoms with van der Waals surface area (Å²) in [4.78, 5) is 15.5. The molecule has 0 unspecified atom stereocenters. The van der Waals surface area contributed by atoms with E-state index in [0.29, 0.717) is 19.4 Å². The maximum atomic E-state index is 12.7. The summed E-state index contributed by atoms with van der Waals surface area (Å²) >= 11 is 5.03. The Labute approximate surface area is 133 Å². The van der Waals surface area contributed by atoms with Gasteiger partial charge in [0.15, 0.2) is 0 Å². The highest BCUT2D eigenvalue weighted by molar-refractivity contribution is 9.10. The van der Waals surface area contributed by atoms with Crippen LogP contribution in [-0.4, -0.2) is 17.9 Å². The third-order valence-electron chi connectivity index (χ3n) is 3.34. The third-order valence-corrected chi connectivity index (χ3v) is 5.02. The Bertz CT molecular complexity index is 486. The molecule has 1 aromatic heterocycles. The summed E-state index contributed by atoms with van der Waals surface area (Å²) in [7, 11) is 1.79. The van der Waals surface area contributed by atoms with Crippen LogP contribution in [-0.2, 0) is 11.3 Å². The molecule has 0 saturated heterocycles. The van der Waals surface area contributed by atoms with Crippen LogP contribution in [0.2, 0.25) is 0 Å². The zero-order chi connectivity index (χ0) is 15.2. The number of hydrogen-bond donors (Lipinski definition) is 0. The van der Waals surface area contributed by atoms with Gasteiger partial charge >= 0.3 is 0 Å². The van der Waals surface area contributed by atoms with Gasteiger partial charge < -0.3 is 4.90 Å². The van der Waals surface area contributed by atoms with Crippen LogP contribution < -0.4 is 0 Å². The highest BCUT2D eigenvalue weighted by atomic mass is 79.9. The van der Waals surface area contributed by atoms with Crippen LogP contribution in [0.15, 0.2) is 15.9 Å². The number of halogens is 1. The average Bonchev–Trinajstić information content (AvgIpc) is 2.82. The van der Waals surface area contributed by atoms with Crippen molar-refractivity contribution in [2.24, 2.45) is 5.41 Å². The molecule has 20 heavy (non-hydrogen) atoms. The zero-order valence-electron chi connectivity index (χ0n) is 12.3. The first kappa shape index (κ1) is 17.2. The minimum atomic E-state index is -0.854. The molecule has 0 saturated carbocycles. The Kier molecular flexibility index (Phi) is 6.70. The summed E-state index contributed by atoms with van der Waals surface area (Å²) in [6, 6.07) is 4.31. The second kappa shape index (κ2) is 7.80. The van der Waals surface area contributed by atoms with E-state index in [2.05, 4.69) is 22.0 Å². The molecule has 1 aromatic rings. The van der Waals surface area contributed by atoms with E-state index in [1.54, 1.807) is 23.3 Å². The molecule has 0 aliphatic heterocycles. The summed E-state index contributed by atoms with van der Waals surface area (Å²) < 4.78 is 1.03. The van der Waals surface area contributed by atoms with Crippen molar-refractivity contribution < 1.29 is 4.79 Å². The zero-order valence-corrected chi connectivity index (χ0v) is 14.7. The van der Waals surface area contributed by atoms with Gasteiger partial charge in [-0.2, -0.15) is 5.26 Å². The Hall–Kier alpha value is -0.860. The number of amides is 1. The van der Waals surface area contributed by atoms with E-state index in [1.165, 1.54) is 0 Å². The Morgan fingerprint density at radius 2 is 2.05 bits per heavy atom. The van der Waals surface area contributed by atoms with Gasteiger partial charge in [-0.25, -0.2) is 0 Å². The third kappa shape index (κ3) is 4.07. The van der Waals surface area contributed by atoms with Crippen LogP contribution in [0.3, 0.4) is 0 Å². The van der Waals surface area contributed by atoms with Crippen LogP contribution in [0.5, 0.6) is 0 Å². The number of nitrogens with zero attached hydrogens (tertiary/aromatic N) is 2. The number of hydrogen-bond acceptors (Lipinski definition) is 3. The van der Waals surface area contributed by atoms with Crippen molar-refractivity contribution >= 4 is 33.2 Å². The average molecular weight is 357 g/mol. The first-order valence-corrected chi connectivity index (χ1v) is 8.56. The van der Waals surface area contributed by atoms with E-state index in [-0.39, 0.29) is 5.91 Å². The van der Waals surface area contributed by atoms with E-state index in [0.717, 1.165) is 22.2 Å². The number of nitriles is 1. The van der Waals surface area contributed by atoms with Crippen molar-refractivity contribution in [2.45, 2.75) is 46.1 Å². The Morgan fingerprint density at radius 1 is 1.45 bits per heavy atom. The summed E-state index contributed by atoms with van der Waals surface area (Å²) in [6.45, 7) is 4.60. The summed E-state index contributed by atoms with van der Waals surface area (Å²) in [5.74, 6) is -0.0479. The molecule has 0 bridgehead atoms. The fourth-order valence-corrected chi connectivity index (χ4v) is 3.96. The van der Waals surface area contributed by atoms with E-state index >= 15 is 0 Å². The molecular formula is C15H21BrN2OS. The van der Waals surface area contributed by atoms with Gasteiger partial charge in [0.25, 0.3) is 0 Å². The summed E-state index contributed by atoms with van der Waals surface area (Å²) in [5, 5.41) is 11.5. The molecule has 1 amide bonds. The SMILES string of the molecule is CCCC(C#N)(CCC)C(=O)N(C)Cc1cc(Br)cs1. The van der Waals surface area contributed by atoms with E-state index in [9.17, 15) is 10.1 Å². The highest BCUT2D eigenvalue weighted by Gasteiger charge is 2.39. The minimum Gasteiger partial charge on any atom is -0.339 e. The molecule has 0 fully saturated rings. The molecule has 1 heterocycles. The minimum absolute atomic E-state index is 0.0479. The van der Waals surface area contributed by atoms with Gasteiger partial charge in [-0.05, 0) is 34.8 Å². The molecule has 0 spiro atoms. The first-order valence-electron chi connectivity index (χ1n) is 6.88. The lowest BCUT2D eigenvalue weighted by Crippen LogP contribution is -2.40. The highest BCUT2D eigenvalue weighted by Crippen LogP contribution is 2.32.